The molecule has 0 spiro atoms. The van der Waals surface area contributed by atoms with Crippen molar-refractivity contribution in [2.24, 2.45) is 0 Å². The third kappa shape index (κ3) is 3.58. The SMILES string of the molecule is CCC(O)c1ccc(OCc2cnn(CC)c2)cc1. The van der Waals surface area contributed by atoms with Crippen molar-refractivity contribution in [3.8, 4) is 5.75 Å². The van der Waals surface area contributed by atoms with E-state index in [9.17, 15) is 5.11 Å². The van der Waals surface area contributed by atoms with E-state index in [1.807, 2.05) is 48.3 Å². The summed E-state index contributed by atoms with van der Waals surface area (Å²) < 4.78 is 7.56. The summed E-state index contributed by atoms with van der Waals surface area (Å²) in [6.07, 6.45) is 4.13. The minimum absolute atomic E-state index is 0.392. The highest BCUT2D eigenvalue weighted by atomic mass is 16.5. The predicted molar refractivity (Wildman–Crippen MR) is 73.9 cm³/mol. The van der Waals surface area contributed by atoms with Gasteiger partial charge in [-0.3, -0.25) is 4.68 Å². The Hall–Kier alpha value is -1.81. The van der Waals surface area contributed by atoms with Crippen LogP contribution in [-0.2, 0) is 13.2 Å². The average molecular weight is 260 g/mol. The first kappa shape index (κ1) is 13.6. The second kappa shape index (κ2) is 6.38. The van der Waals surface area contributed by atoms with Gasteiger partial charge in [-0.15, -0.1) is 0 Å². The minimum atomic E-state index is -0.392. The summed E-state index contributed by atoms with van der Waals surface area (Å²) >= 11 is 0. The van der Waals surface area contributed by atoms with Gasteiger partial charge in [-0.1, -0.05) is 19.1 Å². The molecule has 1 heterocycles. The van der Waals surface area contributed by atoms with Crippen molar-refractivity contribution in [3.63, 3.8) is 0 Å². The number of aliphatic hydroxyl groups is 1. The molecule has 0 fully saturated rings. The Morgan fingerprint density at radius 3 is 2.58 bits per heavy atom. The average Bonchev–Trinajstić information content (AvgIpc) is 2.93. The summed E-state index contributed by atoms with van der Waals surface area (Å²) in [4.78, 5) is 0. The van der Waals surface area contributed by atoms with Gasteiger partial charge in [0.05, 0.1) is 12.3 Å². The van der Waals surface area contributed by atoms with Crippen LogP contribution in [0.2, 0.25) is 0 Å². The first-order chi connectivity index (χ1) is 9.22. The van der Waals surface area contributed by atoms with Crippen molar-refractivity contribution in [2.75, 3.05) is 0 Å². The number of aryl methyl sites for hydroxylation is 1. The number of aliphatic hydroxyl groups excluding tert-OH is 1. The maximum atomic E-state index is 9.71. The van der Waals surface area contributed by atoms with Crippen molar-refractivity contribution >= 4 is 0 Å². The summed E-state index contributed by atoms with van der Waals surface area (Å²) in [5.74, 6) is 0.802. The molecule has 0 bridgehead atoms. The maximum absolute atomic E-state index is 9.71. The van der Waals surface area contributed by atoms with E-state index < -0.39 is 6.10 Å². The van der Waals surface area contributed by atoms with Crippen molar-refractivity contribution < 1.29 is 9.84 Å². The fourth-order valence-corrected chi connectivity index (χ4v) is 1.84. The van der Waals surface area contributed by atoms with Gasteiger partial charge in [-0.25, -0.2) is 0 Å². The Morgan fingerprint density at radius 2 is 2.00 bits per heavy atom. The van der Waals surface area contributed by atoms with E-state index in [2.05, 4.69) is 12.0 Å². The Kier molecular flexibility index (Phi) is 4.58. The lowest BCUT2D eigenvalue weighted by Gasteiger charge is -2.09. The van der Waals surface area contributed by atoms with Gasteiger partial charge in [-0.05, 0) is 31.0 Å². The van der Waals surface area contributed by atoms with E-state index in [0.717, 1.165) is 29.8 Å². The molecular formula is C15H20N2O2. The molecule has 4 nitrogen and oxygen atoms in total. The molecule has 19 heavy (non-hydrogen) atoms. The van der Waals surface area contributed by atoms with Gasteiger partial charge < -0.3 is 9.84 Å². The fourth-order valence-electron chi connectivity index (χ4n) is 1.84. The third-order valence-electron chi connectivity index (χ3n) is 3.07. The zero-order chi connectivity index (χ0) is 13.7. The molecule has 0 saturated carbocycles. The molecule has 0 aliphatic rings. The zero-order valence-electron chi connectivity index (χ0n) is 11.4. The molecule has 2 aromatic rings. The summed E-state index contributed by atoms with van der Waals surface area (Å²) in [6.45, 7) is 5.38. The lowest BCUT2D eigenvalue weighted by Crippen LogP contribution is -1.97. The van der Waals surface area contributed by atoms with E-state index in [-0.39, 0.29) is 0 Å². The molecule has 4 heteroatoms. The molecule has 2 rings (SSSR count). The summed E-state index contributed by atoms with van der Waals surface area (Å²) in [5.41, 5.74) is 1.98. The summed E-state index contributed by atoms with van der Waals surface area (Å²) in [6, 6.07) is 7.58. The van der Waals surface area contributed by atoms with E-state index in [1.165, 1.54) is 0 Å². The van der Waals surface area contributed by atoms with E-state index >= 15 is 0 Å². The van der Waals surface area contributed by atoms with Gasteiger partial charge in [0.1, 0.15) is 12.4 Å². The van der Waals surface area contributed by atoms with Gasteiger partial charge >= 0.3 is 0 Å². The molecule has 0 aliphatic carbocycles. The zero-order valence-corrected chi connectivity index (χ0v) is 11.4. The van der Waals surface area contributed by atoms with Crippen LogP contribution in [-0.4, -0.2) is 14.9 Å². The van der Waals surface area contributed by atoms with Crippen LogP contribution in [0.4, 0.5) is 0 Å². The van der Waals surface area contributed by atoms with Gasteiger partial charge in [0.25, 0.3) is 0 Å². The highest BCUT2D eigenvalue weighted by Gasteiger charge is 2.04. The van der Waals surface area contributed by atoms with Gasteiger partial charge in [-0.2, -0.15) is 5.10 Å². The van der Waals surface area contributed by atoms with Gasteiger partial charge in [0, 0.05) is 18.3 Å². The molecule has 1 atom stereocenters. The largest absolute Gasteiger partial charge is 0.489 e. The second-order valence-electron chi connectivity index (χ2n) is 4.49. The Labute approximate surface area is 113 Å². The summed E-state index contributed by atoms with van der Waals surface area (Å²) in [5, 5.41) is 13.9. The van der Waals surface area contributed by atoms with Gasteiger partial charge in [0.2, 0.25) is 0 Å². The maximum Gasteiger partial charge on any atom is 0.119 e. The molecular weight excluding hydrogens is 240 g/mol. The van der Waals surface area contributed by atoms with Crippen LogP contribution in [0.1, 0.15) is 37.5 Å². The normalized spacial score (nSPS) is 12.4. The Morgan fingerprint density at radius 1 is 1.26 bits per heavy atom. The molecule has 0 aliphatic heterocycles. The topological polar surface area (TPSA) is 47.3 Å². The van der Waals surface area contributed by atoms with Crippen LogP contribution in [0, 0.1) is 0 Å². The lowest BCUT2D eigenvalue weighted by molar-refractivity contribution is 0.173. The van der Waals surface area contributed by atoms with Crippen molar-refractivity contribution in [1.29, 1.82) is 0 Å². The lowest BCUT2D eigenvalue weighted by atomic mass is 10.1. The molecule has 0 radical (unpaired) electrons. The first-order valence-corrected chi connectivity index (χ1v) is 6.65. The highest BCUT2D eigenvalue weighted by molar-refractivity contribution is 5.28. The van der Waals surface area contributed by atoms with Crippen LogP contribution in [0.5, 0.6) is 5.75 Å². The molecule has 0 amide bonds. The number of benzene rings is 1. The second-order valence-corrected chi connectivity index (χ2v) is 4.49. The number of nitrogens with zero attached hydrogens (tertiary/aromatic N) is 2. The monoisotopic (exact) mass is 260 g/mol. The van der Waals surface area contributed by atoms with Crippen LogP contribution in [0.3, 0.4) is 0 Å². The van der Waals surface area contributed by atoms with Crippen LogP contribution in [0.25, 0.3) is 0 Å². The van der Waals surface area contributed by atoms with Crippen molar-refractivity contribution in [3.05, 3.63) is 47.8 Å². The van der Waals surface area contributed by atoms with E-state index in [0.29, 0.717) is 6.61 Å². The third-order valence-corrected chi connectivity index (χ3v) is 3.07. The number of ether oxygens (including phenoxy) is 1. The number of hydrogen-bond acceptors (Lipinski definition) is 3. The van der Waals surface area contributed by atoms with Crippen LogP contribution < -0.4 is 4.74 Å². The molecule has 102 valence electrons. The highest BCUT2D eigenvalue weighted by Crippen LogP contribution is 2.20. The van der Waals surface area contributed by atoms with Crippen LogP contribution in [0.15, 0.2) is 36.7 Å². The molecule has 1 N–H and O–H groups in total. The molecule has 1 aromatic carbocycles. The van der Waals surface area contributed by atoms with Gasteiger partial charge in [0.15, 0.2) is 0 Å². The molecule has 1 aromatic heterocycles. The molecule has 1 unspecified atom stereocenters. The summed E-state index contributed by atoms with van der Waals surface area (Å²) in [7, 11) is 0. The quantitative estimate of drug-likeness (QED) is 0.868. The Balaban J connectivity index is 1.92. The van der Waals surface area contributed by atoms with E-state index in [4.69, 9.17) is 4.74 Å². The Bertz CT molecular complexity index is 505. The number of aromatic nitrogens is 2. The van der Waals surface area contributed by atoms with E-state index in [1.54, 1.807) is 0 Å². The smallest absolute Gasteiger partial charge is 0.119 e. The molecule has 0 saturated heterocycles. The van der Waals surface area contributed by atoms with Crippen molar-refractivity contribution in [2.45, 2.75) is 39.5 Å². The fraction of sp³-hybridized carbons (Fsp3) is 0.400. The number of rotatable bonds is 6. The predicted octanol–water partition coefficient (Wildman–Crippen LogP) is 2.93. The van der Waals surface area contributed by atoms with Crippen molar-refractivity contribution in [1.82, 2.24) is 9.78 Å². The number of hydrogen-bond donors (Lipinski definition) is 1. The first-order valence-electron chi connectivity index (χ1n) is 6.65. The standard InChI is InChI=1S/C15H20N2O2/c1-3-15(18)13-5-7-14(8-6-13)19-11-12-9-16-17(4-2)10-12/h5-10,15,18H,3-4,11H2,1-2H3. The minimum Gasteiger partial charge on any atom is -0.489 e. The van der Waals surface area contributed by atoms with Crippen LogP contribution >= 0.6 is 0 Å².